The summed E-state index contributed by atoms with van der Waals surface area (Å²) in [6.07, 6.45) is 5.24. The molecule has 0 aromatic rings. The van der Waals surface area contributed by atoms with Crippen LogP contribution in [0.15, 0.2) is 0 Å². The lowest BCUT2D eigenvalue weighted by molar-refractivity contribution is -0.0145. The highest BCUT2D eigenvalue weighted by atomic mass is 16.3. The Kier molecular flexibility index (Phi) is 0.884. The topological polar surface area (TPSA) is 20.2 Å². The molecule has 2 fully saturated rings. The standard InChI is InChI=1S/C7H12O/c8-7-4-5-2-1-3-6(5)7/h5-8H,1-4H2/t5-,6+,7+/m0/s1. The smallest absolute Gasteiger partial charge is 0.0573 e. The fraction of sp³-hybridized carbons (Fsp3) is 1.00. The van der Waals surface area contributed by atoms with Gasteiger partial charge in [0.2, 0.25) is 0 Å². The van der Waals surface area contributed by atoms with Crippen molar-refractivity contribution in [1.82, 2.24) is 0 Å². The molecule has 0 aliphatic heterocycles. The van der Waals surface area contributed by atoms with Gasteiger partial charge in [0.05, 0.1) is 6.10 Å². The number of rotatable bonds is 0. The van der Waals surface area contributed by atoms with Gasteiger partial charge in [-0.25, -0.2) is 0 Å². The van der Waals surface area contributed by atoms with E-state index in [-0.39, 0.29) is 6.10 Å². The maximum absolute atomic E-state index is 9.12. The first-order valence-electron chi connectivity index (χ1n) is 3.56. The number of aliphatic hydroxyl groups excluding tert-OH is 1. The third kappa shape index (κ3) is 0.455. The largest absolute Gasteiger partial charge is 0.393 e. The van der Waals surface area contributed by atoms with E-state index in [9.17, 15) is 0 Å². The Hall–Kier alpha value is -0.0400. The summed E-state index contributed by atoms with van der Waals surface area (Å²) in [6.45, 7) is 0. The van der Waals surface area contributed by atoms with Crippen molar-refractivity contribution in [3.63, 3.8) is 0 Å². The Labute approximate surface area is 49.7 Å². The zero-order valence-electron chi connectivity index (χ0n) is 5.01. The van der Waals surface area contributed by atoms with E-state index in [1.54, 1.807) is 0 Å². The first-order valence-corrected chi connectivity index (χ1v) is 3.56. The summed E-state index contributed by atoms with van der Waals surface area (Å²) in [5, 5.41) is 9.12. The first-order chi connectivity index (χ1) is 3.88. The average molecular weight is 112 g/mol. The molecule has 2 aliphatic rings. The number of aliphatic hydroxyl groups is 1. The van der Waals surface area contributed by atoms with Crippen LogP contribution >= 0.6 is 0 Å². The Morgan fingerprint density at radius 2 is 2.12 bits per heavy atom. The van der Waals surface area contributed by atoms with Gasteiger partial charge in [-0.3, -0.25) is 0 Å². The van der Waals surface area contributed by atoms with Crippen molar-refractivity contribution in [2.45, 2.75) is 31.8 Å². The second kappa shape index (κ2) is 1.47. The molecule has 0 aromatic carbocycles. The van der Waals surface area contributed by atoms with E-state index in [0.29, 0.717) is 0 Å². The van der Waals surface area contributed by atoms with Crippen molar-refractivity contribution in [2.24, 2.45) is 11.8 Å². The lowest BCUT2D eigenvalue weighted by Gasteiger charge is -2.36. The van der Waals surface area contributed by atoms with Crippen LogP contribution < -0.4 is 0 Å². The maximum Gasteiger partial charge on any atom is 0.0573 e. The summed E-state index contributed by atoms with van der Waals surface area (Å²) >= 11 is 0. The van der Waals surface area contributed by atoms with Crippen molar-refractivity contribution in [1.29, 1.82) is 0 Å². The molecule has 0 aromatic heterocycles. The van der Waals surface area contributed by atoms with E-state index in [0.717, 1.165) is 18.3 Å². The molecule has 3 atom stereocenters. The molecule has 2 saturated carbocycles. The fourth-order valence-corrected chi connectivity index (χ4v) is 2.15. The van der Waals surface area contributed by atoms with Gasteiger partial charge in [0.1, 0.15) is 0 Å². The predicted octanol–water partition coefficient (Wildman–Crippen LogP) is 1.17. The van der Waals surface area contributed by atoms with Crippen LogP contribution in [-0.2, 0) is 0 Å². The molecular weight excluding hydrogens is 100 g/mol. The lowest BCUT2D eigenvalue weighted by atomic mass is 9.74. The van der Waals surface area contributed by atoms with Gasteiger partial charge in [0.15, 0.2) is 0 Å². The first kappa shape index (κ1) is 4.80. The van der Waals surface area contributed by atoms with E-state index in [1.165, 1.54) is 19.3 Å². The average Bonchev–Trinajstić information content (AvgIpc) is 2.09. The van der Waals surface area contributed by atoms with Crippen LogP contribution in [0.1, 0.15) is 25.7 Å². The Balaban J connectivity index is 2.02. The summed E-state index contributed by atoms with van der Waals surface area (Å²) < 4.78 is 0. The quantitative estimate of drug-likeness (QED) is 0.498. The third-order valence-corrected chi connectivity index (χ3v) is 2.76. The van der Waals surface area contributed by atoms with E-state index in [1.807, 2.05) is 0 Å². The van der Waals surface area contributed by atoms with Crippen LogP contribution in [0.2, 0.25) is 0 Å². The predicted molar refractivity (Wildman–Crippen MR) is 31.5 cm³/mol. The molecule has 8 heavy (non-hydrogen) atoms. The highest BCUT2D eigenvalue weighted by molar-refractivity contribution is 4.93. The van der Waals surface area contributed by atoms with E-state index in [2.05, 4.69) is 0 Å². The van der Waals surface area contributed by atoms with Gasteiger partial charge in [-0.2, -0.15) is 0 Å². The highest BCUT2D eigenvalue weighted by Crippen LogP contribution is 2.46. The molecule has 0 saturated heterocycles. The number of hydrogen-bond donors (Lipinski definition) is 1. The van der Waals surface area contributed by atoms with Crippen LogP contribution in [0.5, 0.6) is 0 Å². The van der Waals surface area contributed by atoms with Crippen LogP contribution in [0.25, 0.3) is 0 Å². The highest BCUT2D eigenvalue weighted by Gasteiger charge is 2.42. The molecule has 0 radical (unpaired) electrons. The minimum atomic E-state index is 0.0856. The molecule has 46 valence electrons. The van der Waals surface area contributed by atoms with Crippen LogP contribution in [-0.4, -0.2) is 11.2 Å². The lowest BCUT2D eigenvalue weighted by Crippen LogP contribution is -2.37. The molecule has 0 unspecified atom stereocenters. The van der Waals surface area contributed by atoms with E-state index in [4.69, 9.17) is 5.11 Å². The summed E-state index contributed by atoms with van der Waals surface area (Å²) in [4.78, 5) is 0. The van der Waals surface area contributed by atoms with Gasteiger partial charge in [-0.1, -0.05) is 6.42 Å². The molecule has 0 amide bonds. The SMILES string of the molecule is O[C@@H]1C[C@@H]2CCC[C@H]21. The van der Waals surface area contributed by atoms with E-state index >= 15 is 0 Å². The van der Waals surface area contributed by atoms with Crippen molar-refractivity contribution in [3.05, 3.63) is 0 Å². The fourth-order valence-electron chi connectivity index (χ4n) is 2.15. The number of fused-ring (bicyclic) bond motifs is 1. The molecule has 2 aliphatic carbocycles. The zero-order chi connectivity index (χ0) is 5.56. The Morgan fingerprint density at radius 1 is 1.25 bits per heavy atom. The van der Waals surface area contributed by atoms with Gasteiger partial charge in [0.25, 0.3) is 0 Å². The minimum absolute atomic E-state index is 0.0856. The summed E-state index contributed by atoms with van der Waals surface area (Å²) in [5.74, 6) is 1.64. The molecular formula is C7H12O. The molecule has 2 rings (SSSR count). The van der Waals surface area contributed by atoms with Gasteiger partial charge >= 0.3 is 0 Å². The number of hydrogen-bond acceptors (Lipinski definition) is 1. The van der Waals surface area contributed by atoms with Crippen LogP contribution in [0.4, 0.5) is 0 Å². The normalized spacial score (nSPS) is 52.9. The summed E-state index contributed by atoms with van der Waals surface area (Å²) in [5.41, 5.74) is 0. The molecule has 0 bridgehead atoms. The second-order valence-electron chi connectivity index (χ2n) is 3.16. The minimum Gasteiger partial charge on any atom is -0.393 e. The van der Waals surface area contributed by atoms with E-state index < -0.39 is 0 Å². The van der Waals surface area contributed by atoms with Gasteiger partial charge in [-0.05, 0) is 31.1 Å². The van der Waals surface area contributed by atoms with Gasteiger partial charge in [0, 0.05) is 0 Å². The van der Waals surface area contributed by atoms with Crippen molar-refractivity contribution in [3.8, 4) is 0 Å². The molecule has 1 N–H and O–H groups in total. The van der Waals surface area contributed by atoms with Gasteiger partial charge < -0.3 is 5.11 Å². The van der Waals surface area contributed by atoms with Crippen LogP contribution in [0.3, 0.4) is 0 Å². The summed E-state index contributed by atoms with van der Waals surface area (Å²) in [7, 11) is 0. The monoisotopic (exact) mass is 112 g/mol. The summed E-state index contributed by atoms with van der Waals surface area (Å²) in [6, 6.07) is 0. The zero-order valence-corrected chi connectivity index (χ0v) is 5.01. The molecule has 0 heterocycles. The van der Waals surface area contributed by atoms with Gasteiger partial charge in [-0.15, -0.1) is 0 Å². The Bertz CT molecular complexity index is 101. The van der Waals surface area contributed by atoms with Crippen molar-refractivity contribution >= 4 is 0 Å². The molecule has 1 nitrogen and oxygen atoms in total. The van der Waals surface area contributed by atoms with Crippen molar-refractivity contribution in [2.75, 3.05) is 0 Å². The molecule has 0 spiro atoms. The van der Waals surface area contributed by atoms with Crippen molar-refractivity contribution < 1.29 is 5.11 Å². The molecule has 1 heteroatoms. The van der Waals surface area contributed by atoms with Crippen LogP contribution in [0, 0.1) is 11.8 Å². The Morgan fingerprint density at radius 3 is 2.62 bits per heavy atom. The third-order valence-electron chi connectivity index (χ3n) is 2.76. The second-order valence-corrected chi connectivity index (χ2v) is 3.16. The maximum atomic E-state index is 9.12.